The molecule has 0 bridgehead atoms. The smallest absolute Gasteiger partial charge is 0.345 e. The van der Waals surface area contributed by atoms with Crippen molar-refractivity contribution >= 4 is 22.4 Å². The van der Waals surface area contributed by atoms with Crippen molar-refractivity contribution in [3.05, 3.63) is 41.2 Å². The second-order valence-electron chi connectivity index (χ2n) is 5.03. The highest BCUT2D eigenvalue weighted by Gasteiger charge is 2.34. The average Bonchev–Trinajstić information content (AvgIpc) is 3.05. The van der Waals surface area contributed by atoms with E-state index in [9.17, 15) is 18.0 Å². The van der Waals surface area contributed by atoms with Crippen LogP contribution >= 0.6 is 11.3 Å². The monoisotopic (exact) mass is 342 g/mol. The van der Waals surface area contributed by atoms with Crippen LogP contribution in [-0.4, -0.2) is 47.0 Å². The van der Waals surface area contributed by atoms with Gasteiger partial charge in [-0.3, -0.25) is 9.78 Å². The molecule has 0 aromatic carbocycles. The van der Waals surface area contributed by atoms with E-state index in [-0.39, 0.29) is 5.91 Å². The third-order valence-electron chi connectivity index (χ3n) is 3.53. The normalized spacial score (nSPS) is 15.8. The van der Waals surface area contributed by atoms with Crippen LogP contribution in [0.2, 0.25) is 0 Å². The van der Waals surface area contributed by atoms with Gasteiger partial charge < -0.3 is 9.80 Å². The van der Waals surface area contributed by atoms with Gasteiger partial charge in [0, 0.05) is 44.0 Å². The van der Waals surface area contributed by atoms with Crippen LogP contribution in [-0.2, 0) is 6.18 Å². The van der Waals surface area contributed by atoms with Gasteiger partial charge in [0.1, 0.15) is 0 Å². The van der Waals surface area contributed by atoms with Crippen molar-refractivity contribution in [1.29, 1.82) is 0 Å². The van der Waals surface area contributed by atoms with E-state index >= 15 is 0 Å². The summed E-state index contributed by atoms with van der Waals surface area (Å²) >= 11 is 0.970. The lowest BCUT2D eigenvalue weighted by Crippen LogP contribution is -2.48. The molecule has 0 aliphatic carbocycles. The van der Waals surface area contributed by atoms with Crippen molar-refractivity contribution < 1.29 is 18.0 Å². The molecule has 0 saturated carbocycles. The molecule has 0 unspecified atom stereocenters. The molecule has 5 nitrogen and oxygen atoms in total. The highest BCUT2D eigenvalue weighted by atomic mass is 32.1. The van der Waals surface area contributed by atoms with Gasteiger partial charge in [-0.05, 0) is 12.1 Å². The molecule has 1 aliphatic rings. The molecule has 0 N–H and O–H groups in total. The van der Waals surface area contributed by atoms with Crippen molar-refractivity contribution in [3.63, 3.8) is 0 Å². The zero-order valence-electron chi connectivity index (χ0n) is 12.0. The van der Waals surface area contributed by atoms with Gasteiger partial charge in [0.15, 0.2) is 10.8 Å². The van der Waals surface area contributed by atoms with Crippen LogP contribution in [0.1, 0.15) is 16.1 Å². The third-order valence-corrected chi connectivity index (χ3v) is 4.43. The SMILES string of the molecule is O=C(c1cccnc1)N1CCN(c2nc(C(F)(F)F)cs2)CC1. The number of nitrogens with zero attached hydrogens (tertiary/aromatic N) is 4. The van der Waals surface area contributed by atoms with E-state index in [1.807, 2.05) is 0 Å². The minimum absolute atomic E-state index is 0.118. The first kappa shape index (κ1) is 15.7. The number of aromatic nitrogens is 2. The van der Waals surface area contributed by atoms with Crippen LogP contribution in [0.25, 0.3) is 0 Å². The largest absolute Gasteiger partial charge is 0.434 e. The molecule has 1 saturated heterocycles. The van der Waals surface area contributed by atoms with Gasteiger partial charge in [0.25, 0.3) is 5.91 Å². The van der Waals surface area contributed by atoms with Gasteiger partial charge in [-0.15, -0.1) is 11.3 Å². The predicted molar refractivity (Wildman–Crippen MR) is 79.5 cm³/mol. The Morgan fingerprint density at radius 1 is 1.22 bits per heavy atom. The second kappa shape index (κ2) is 6.15. The summed E-state index contributed by atoms with van der Waals surface area (Å²) in [6, 6.07) is 3.38. The van der Waals surface area contributed by atoms with Crippen LogP contribution in [0.5, 0.6) is 0 Å². The first-order valence-corrected chi connectivity index (χ1v) is 7.80. The maximum Gasteiger partial charge on any atom is 0.434 e. The van der Waals surface area contributed by atoms with Gasteiger partial charge in [0.05, 0.1) is 5.56 Å². The molecule has 0 spiro atoms. The lowest BCUT2D eigenvalue weighted by atomic mass is 10.2. The molecule has 23 heavy (non-hydrogen) atoms. The molecule has 0 radical (unpaired) electrons. The van der Waals surface area contributed by atoms with E-state index < -0.39 is 11.9 Å². The molecule has 1 aliphatic heterocycles. The summed E-state index contributed by atoms with van der Waals surface area (Å²) in [4.78, 5) is 23.3. The molecule has 2 aromatic heterocycles. The molecular formula is C14H13F3N4OS. The number of amides is 1. The van der Waals surface area contributed by atoms with E-state index in [4.69, 9.17) is 0 Å². The fourth-order valence-corrected chi connectivity index (χ4v) is 3.20. The number of carbonyl (C=O) groups excluding carboxylic acids is 1. The molecule has 122 valence electrons. The standard InChI is InChI=1S/C14H13F3N4OS/c15-14(16,17)11-9-23-13(19-11)21-6-4-20(5-7-21)12(22)10-2-1-3-18-8-10/h1-3,8-9H,4-7H2. The first-order chi connectivity index (χ1) is 10.9. The minimum Gasteiger partial charge on any atom is -0.345 e. The van der Waals surface area contributed by atoms with Gasteiger partial charge in [-0.1, -0.05) is 0 Å². The number of pyridine rings is 1. The van der Waals surface area contributed by atoms with Crippen molar-refractivity contribution in [2.45, 2.75) is 6.18 Å². The predicted octanol–water partition coefficient (Wildman–Crippen LogP) is 2.52. The Morgan fingerprint density at radius 3 is 2.52 bits per heavy atom. The highest BCUT2D eigenvalue weighted by molar-refractivity contribution is 7.13. The number of rotatable bonds is 2. The molecule has 3 rings (SSSR count). The number of hydrogen-bond donors (Lipinski definition) is 0. The van der Waals surface area contributed by atoms with E-state index in [2.05, 4.69) is 9.97 Å². The van der Waals surface area contributed by atoms with Crippen molar-refractivity contribution in [2.75, 3.05) is 31.1 Å². The molecule has 2 aromatic rings. The van der Waals surface area contributed by atoms with Crippen LogP contribution in [0, 0.1) is 0 Å². The summed E-state index contributed by atoms with van der Waals surface area (Å²) in [6.07, 6.45) is -1.33. The Hall–Kier alpha value is -2.16. The zero-order valence-corrected chi connectivity index (χ0v) is 12.8. The summed E-state index contributed by atoms with van der Waals surface area (Å²) in [5, 5.41) is 1.36. The highest BCUT2D eigenvalue weighted by Crippen LogP contribution is 2.33. The summed E-state index contributed by atoms with van der Waals surface area (Å²) in [6.45, 7) is 1.79. The maximum atomic E-state index is 12.6. The number of piperazine rings is 1. The maximum absolute atomic E-state index is 12.6. The number of anilines is 1. The van der Waals surface area contributed by atoms with E-state index in [1.54, 1.807) is 28.1 Å². The van der Waals surface area contributed by atoms with Crippen LogP contribution in [0.3, 0.4) is 0 Å². The second-order valence-corrected chi connectivity index (χ2v) is 5.87. The minimum atomic E-state index is -4.42. The number of carbonyl (C=O) groups is 1. The molecular weight excluding hydrogens is 329 g/mol. The van der Waals surface area contributed by atoms with Gasteiger partial charge >= 0.3 is 6.18 Å². The van der Waals surface area contributed by atoms with Crippen LogP contribution in [0.15, 0.2) is 29.9 Å². The average molecular weight is 342 g/mol. The number of hydrogen-bond acceptors (Lipinski definition) is 5. The van der Waals surface area contributed by atoms with Crippen LogP contribution < -0.4 is 4.90 Å². The summed E-state index contributed by atoms with van der Waals surface area (Å²) in [5.41, 5.74) is -0.360. The molecule has 0 atom stereocenters. The quantitative estimate of drug-likeness (QED) is 0.841. The lowest BCUT2D eigenvalue weighted by molar-refractivity contribution is -0.140. The lowest BCUT2D eigenvalue weighted by Gasteiger charge is -2.34. The first-order valence-electron chi connectivity index (χ1n) is 6.92. The third kappa shape index (κ3) is 3.44. The Balaban J connectivity index is 1.62. The van der Waals surface area contributed by atoms with Crippen molar-refractivity contribution in [2.24, 2.45) is 0 Å². The van der Waals surface area contributed by atoms with E-state index in [0.29, 0.717) is 36.9 Å². The van der Waals surface area contributed by atoms with E-state index in [0.717, 1.165) is 16.7 Å². The van der Waals surface area contributed by atoms with Gasteiger partial charge in [-0.2, -0.15) is 13.2 Å². The van der Waals surface area contributed by atoms with Crippen molar-refractivity contribution in [1.82, 2.24) is 14.9 Å². The van der Waals surface area contributed by atoms with Gasteiger partial charge in [0.2, 0.25) is 0 Å². The Labute approximate surface area is 134 Å². The number of alkyl halides is 3. The molecule has 3 heterocycles. The summed E-state index contributed by atoms with van der Waals surface area (Å²) in [7, 11) is 0. The van der Waals surface area contributed by atoms with Crippen molar-refractivity contribution in [3.8, 4) is 0 Å². The topological polar surface area (TPSA) is 49.3 Å². The van der Waals surface area contributed by atoms with Gasteiger partial charge in [-0.25, -0.2) is 4.98 Å². The summed E-state index contributed by atoms with van der Waals surface area (Å²) in [5.74, 6) is -0.118. The molecule has 9 heteroatoms. The number of thiazole rings is 1. The van der Waals surface area contributed by atoms with E-state index in [1.165, 1.54) is 6.20 Å². The number of halogens is 3. The van der Waals surface area contributed by atoms with Crippen LogP contribution in [0.4, 0.5) is 18.3 Å². The fraction of sp³-hybridized carbons (Fsp3) is 0.357. The summed E-state index contributed by atoms with van der Waals surface area (Å²) < 4.78 is 37.8. The zero-order chi connectivity index (χ0) is 16.4. The molecule has 1 amide bonds. The Bertz CT molecular complexity index is 681. The Kier molecular flexibility index (Phi) is 4.20. The fourth-order valence-electron chi connectivity index (χ4n) is 2.31. The Morgan fingerprint density at radius 2 is 1.96 bits per heavy atom. The molecule has 1 fully saturated rings.